The molecule has 2 fully saturated rings. The van der Waals surface area contributed by atoms with Crippen molar-refractivity contribution < 1.29 is 4.79 Å². The summed E-state index contributed by atoms with van der Waals surface area (Å²) in [7, 11) is 1.89. The minimum atomic E-state index is 0.130. The summed E-state index contributed by atoms with van der Waals surface area (Å²) in [6.45, 7) is 4.17. The molecule has 1 aliphatic carbocycles. The SMILES string of the molecule is Cc1cc(C(=O)N2C(C)CC3CCCCC32)nn1C. The molecule has 0 radical (unpaired) electrons. The summed E-state index contributed by atoms with van der Waals surface area (Å²) in [6, 6.07) is 2.73. The fourth-order valence-corrected chi connectivity index (χ4v) is 3.86. The molecule has 4 heteroatoms. The van der Waals surface area contributed by atoms with Crippen molar-refractivity contribution in [1.29, 1.82) is 0 Å². The summed E-state index contributed by atoms with van der Waals surface area (Å²) in [5.41, 5.74) is 1.65. The number of amides is 1. The summed E-state index contributed by atoms with van der Waals surface area (Å²) in [5, 5.41) is 4.35. The van der Waals surface area contributed by atoms with Gasteiger partial charge in [0.25, 0.3) is 5.91 Å². The molecule has 104 valence electrons. The van der Waals surface area contributed by atoms with E-state index >= 15 is 0 Å². The third-order valence-electron chi connectivity index (χ3n) is 4.91. The van der Waals surface area contributed by atoms with Crippen molar-refractivity contribution >= 4 is 5.91 Å². The number of aromatic nitrogens is 2. The molecule has 0 bridgehead atoms. The van der Waals surface area contributed by atoms with Gasteiger partial charge in [-0.05, 0) is 45.1 Å². The highest BCUT2D eigenvalue weighted by atomic mass is 16.2. The van der Waals surface area contributed by atoms with Crippen LogP contribution in [0.3, 0.4) is 0 Å². The minimum Gasteiger partial charge on any atom is -0.331 e. The first kappa shape index (κ1) is 12.7. The van der Waals surface area contributed by atoms with Crippen LogP contribution in [-0.4, -0.2) is 32.7 Å². The molecule has 0 N–H and O–H groups in total. The van der Waals surface area contributed by atoms with Gasteiger partial charge < -0.3 is 4.90 Å². The first-order valence-corrected chi connectivity index (χ1v) is 7.41. The molecule has 3 unspecified atom stereocenters. The van der Waals surface area contributed by atoms with Crippen molar-refractivity contribution in [2.45, 2.75) is 58.0 Å². The Balaban J connectivity index is 1.86. The smallest absolute Gasteiger partial charge is 0.274 e. The van der Waals surface area contributed by atoms with Gasteiger partial charge >= 0.3 is 0 Å². The van der Waals surface area contributed by atoms with Crippen molar-refractivity contribution in [3.8, 4) is 0 Å². The lowest BCUT2D eigenvalue weighted by Crippen LogP contribution is -2.42. The lowest BCUT2D eigenvalue weighted by Gasteiger charge is -2.32. The number of rotatable bonds is 1. The maximum atomic E-state index is 12.7. The Labute approximate surface area is 114 Å². The average molecular weight is 261 g/mol. The van der Waals surface area contributed by atoms with Gasteiger partial charge in [0, 0.05) is 24.8 Å². The van der Waals surface area contributed by atoms with Crippen molar-refractivity contribution in [3.63, 3.8) is 0 Å². The van der Waals surface area contributed by atoms with Crippen molar-refractivity contribution in [2.75, 3.05) is 0 Å². The van der Waals surface area contributed by atoms with Crippen LogP contribution in [0.5, 0.6) is 0 Å². The molecule has 1 aromatic rings. The van der Waals surface area contributed by atoms with Crippen LogP contribution in [0, 0.1) is 12.8 Å². The molecule has 3 atom stereocenters. The zero-order valence-electron chi connectivity index (χ0n) is 12.1. The first-order valence-electron chi connectivity index (χ1n) is 7.41. The van der Waals surface area contributed by atoms with Crippen LogP contribution in [0.15, 0.2) is 6.07 Å². The predicted molar refractivity (Wildman–Crippen MR) is 73.9 cm³/mol. The number of likely N-dealkylation sites (tertiary alicyclic amines) is 1. The Morgan fingerprint density at radius 2 is 2.11 bits per heavy atom. The monoisotopic (exact) mass is 261 g/mol. The van der Waals surface area contributed by atoms with Gasteiger partial charge in [-0.15, -0.1) is 0 Å². The summed E-state index contributed by atoms with van der Waals surface area (Å²) in [4.78, 5) is 14.8. The second kappa shape index (κ2) is 4.66. The fraction of sp³-hybridized carbons (Fsp3) is 0.733. The Hall–Kier alpha value is -1.32. The number of hydrogen-bond donors (Lipinski definition) is 0. The van der Waals surface area contributed by atoms with E-state index in [1.165, 1.54) is 32.1 Å². The lowest BCUT2D eigenvalue weighted by atomic mass is 9.85. The van der Waals surface area contributed by atoms with Crippen molar-refractivity contribution in [2.24, 2.45) is 13.0 Å². The maximum absolute atomic E-state index is 12.7. The fourth-order valence-electron chi connectivity index (χ4n) is 3.86. The average Bonchev–Trinajstić information content (AvgIpc) is 2.89. The molecule has 2 aliphatic rings. The van der Waals surface area contributed by atoms with Crippen LogP contribution in [0.2, 0.25) is 0 Å². The van der Waals surface area contributed by atoms with E-state index < -0.39 is 0 Å². The third kappa shape index (κ3) is 2.07. The highest BCUT2D eigenvalue weighted by molar-refractivity contribution is 5.93. The Kier molecular flexibility index (Phi) is 3.11. The zero-order valence-corrected chi connectivity index (χ0v) is 12.1. The van der Waals surface area contributed by atoms with Crippen molar-refractivity contribution in [3.05, 3.63) is 17.5 Å². The van der Waals surface area contributed by atoms with E-state index in [2.05, 4.69) is 16.9 Å². The number of fused-ring (bicyclic) bond motifs is 1. The number of carbonyl (C=O) groups is 1. The van der Waals surface area contributed by atoms with Gasteiger partial charge in [-0.2, -0.15) is 5.10 Å². The van der Waals surface area contributed by atoms with Gasteiger partial charge in [0.2, 0.25) is 0 Å². The Morgan fingerprint density at radius 1 is 1.37 bits per heavy atom. The number of carbonyl (C=O) groups excluding carboxylic acids is 1. The van der Waals surface area contributed by atoms with Gasteiger partial charge in [-0.3, -0.25) is 9.48 Å². The standard InChI is InChI=1S/C15H23N3O/c1-10-9-13(16-17(10)3)15(19)18-11(2)8-12-6-4-5-7-14(12)18/h9,11-12,14H,4-8H2,1-3H3. The topological polar surface area (TPSA) is 38.1 Å². The van der Waals surface area contributed by atoms with Gasteiger partial charge in [-0.1, -0.05) is 12.8 Å². The predicted octanol–water partition coefficient (Wildman–Crippen LogP) is 2.52. The first-order chi connectivity index (χ1) is 9.08. The van der Waals surface area contributed by atoms with E-state index in [4.69, 9.17) is 0 Å². The van der Waals surface area contributed by atoms with E-state index in [0.29, 0.717) is 17.8 Å². The van der Waals surface area contributed by atoms with E-state index in [9.17, 15) is 4.79 Å². The second-order valence-corrected chi connectivity index (χ2v) is 6.20. The summed E-state index contributed by atoms with van der Waals surface area (Å²) >= 11 is 0. The molecular weight excluding hydrogens is 238 g/mol. The molecule has 1 aliphatic heterocycles. The van der Waals surface area contributed by atoms with Crippen LogP contribution in [-0.2, 0) is 7.05 Å². The molecule has 1 aromatic heterocycles. The molecule has 1 saturated carbocycles. The van der Waals surface area contributed by atoms with E-state index in [1.54, 1.807) is 4.68 Å². The van der Waals surface area contributed by atoms with E-state index in [0.717, 1.165) is 11.6 Å². The van der Waals surface area contributed by atoms with Crippen LogP contribution in [0.4, 0.5) is 0 Å². The number of hydrogen-bond acceptors (Lipinski definition) is 2. The third-order valence-corrected chi connectivity index (χ3v) is 4.91. The summed E-state index contributed by atoms with van der Waals surface area (Å²) in [6.07, 6.45) is 6.23. The zero-order chi connectivity index (χ0) is 13.6. The van der Waals surface area contributed by atoms with Gasteiger partial charge in [0.15, 0.2) is 5.69 Å². The van der Waals surface area contributed by atoms with Crippen LogP contribution < -0.4 is 0 Å². The molecular formula is C15H23N3O. The molecule has 4 nitrogen and oxygen atoms in total. The van der Waals surface area contributed by atoms with Gasteiger partial charge in [0.05, 0.1) is 0 Å². The minimum absolute atomic E-state index is 0.130. The van der Waals surface area contributed by atoms with Gasteiger partial charge in [-0.25, -0.2) is 0 Å². The molecule has 2 heterocycles. The normalized spacial score (nSPS) is 30.5. The van der Waals surface area contributed by atoms with Crippen LogP contribution in [0.25, 0.3) is 0 Å². The van der Waals surface area contributed by atoms with Crippen LogP contribution in [0.1, 0.15) is 55.2 Å². The molecule has 0 spiro atoms. The van der Waals surface area contributed by atoms with Crippen LogP contribution >= 0.6 is 0 Å². The number of aryl methyl sites for hydroxylation is 2. The van der Waals surface area contributed by atoms with Gasteiger partial charge in [0.1, 0.15) is 0 Å². The second-order valence-electron chi connectivity index (χ2n) is 6.20. The van der Waals surface area contributed by atoms with E-state index in [-0.39, 0.29) is 5.91 Å². The Bertz CT molecular complexity index is 474. The van der Waals surface area contributed by atoms with E-state index in [1.807, 2.05) is 20.0 Å². The summed E-state index contributed by atoms with van der Waals surface area (Å²) in [5.74, 6) is 0.850. The molecule has 0 aromatic carbocycles. The molecule has 1 amide bonds. The summed E-state index contributed by atoms with van der Waals surface area (Å²) < 4.78 is 1.78. The lowest BCUT2D eigenvalue weighted by molar-refractivity contribution is 0.0626. The highest BCUT2D eigenvalue weighted by Gasteiger charge is 2.43. The Morgan fingerprint density at radius 3 is 2.79 bits per heavy atom. The molecule has 1 saturated heterocycles. The highest BCUT2D eigenvalue weighted by Crippen LogP contribution is 2.40. The largest absolute Gasteiger partial charge is 0.331 e. The molecule has 3 rings (SSSR count). The number of nitrogens with zero attached hydrogens (tertiary/aromatic N) is 3. The molecule has 19 heavy (non-hydrogen) atoms. The van der Waals surface area contributed by atoms with Crippen molar-refractivity contribution in [1.82, 2.24) is 14.7 Å². The maximum Gasteiger partial charge on any atom is 0.274 e. The quantitative estimate of drug-likeness (QED) is 0.779.